The second-order valence-corrected chi connectivity index (χ2v) is 3.94. The number of halogens is 1. The Hall–Kier alpha value is -2.67. The van der Waals surface area contributed by atoms with E-state index < -0.39 is 5.82 Å². The highest BCUT2D eigenvalue weighted by Crippen LogP contribution is 2.27. The highest BCUT2D eigenvalue weighted by atomic mass is 19.1. The Morgan fingerprint density at radius 1 is 1.26 bits per heavy atom. The van der Waals surface area contributed by atoms with Gasteiger partial charge in [0, 0.05) is 6.07 Å². The fourth-order valence-corrected chi connectivity index (χ4v) is 1.62. The number of hydrogen-bond acceptors (Lipinski definition) is 3. The molecule has 0 aliphatic carbocycles. The first kappa shape index (κ1) is 12.8. The Morgan fingerprint density at radius 3 is 2.68 bits per heavy atom. The van der Waals surface area contributed by atoms with E-state index in [2.05, 4.69) is 0 Å². The van der Waals surface area contributed by atoms with E-state index in [9.17, 15) is 9.18 Å². The van der Waals surface area contributed by atoms with Crippen molar-refractivity contribution in [3.8, 4) is 17.6 Å². The lowest BCUT2D eigenvalue weighted by Gasteiger charge is -2.09. The zero-order chi connectivity index (χ0) is 13.8. The fraction of sp³-hybridized carbons (Fsp3) is 0.0667. The number of rotatable bonds is 3. The van der Waals surface area contributed by atoms with Gasteiger partial charge in [-0.15, -0.1) is 0 Å². The molecule has 0 N–H and O–H groups in total. The van der Waals surface area contributed by atoms with Crippen molar-refractivity contribution in [1.82, 2.24) is 0 Å². The number of carbonyl (C=O) groups is 1. The van der Waals surface area contributed by atoms with E-state index in [-0.39, 0.29) is 17.3 Å². The largest absolute Gasteiger partial charge is 0.456 e. The summed E-state index contributed by atoms with van der Waals surface area (Å²) in [6, 6.07) is 12.1. The van der Waals surface area contributed by atoms with Crippen molar-refractivity contribution < 1.29 is 13.9 Å². The van der Waals surface area contributed by atoms with Gasteiger partial charge in [0.2, 0.25) is 0 Å². The lowest BCUT2D eigenvalue weighted by molar-refractivity contribution is 0.101. The molecule has 0 bridgehead atoms. The van der Waals surface area contributed by atoms with E-state index in [0.29, 0.717) is 11.1 Å². The third kappa shape index (κ3) is 2.96. The monoisotopic (exact) mass is 255 g/mol. The van der Waals surface area contributed by atoms with Crippen molar-refractivity contribution in [3.05, 3.63) is 59.4 Å². The van der Waals surface area contributed by atoms with Crippen LogP contribution >= 0.6 is 0 Å². The topological polar surface area (TPSA) is 50.1 Å². The molecule has 0 spiro atoms. The van der Waals surface area contributed by atoms with E-state index in [1.54, 1.807) is 6.07 Å². The van der Waals surface area contributed by atoms with Crippen molar-refractivity contribution in [1.29, 1.82) is 5.26 Å². The molecule has 2 rings (SSSR count). The zero-order valence-corrected chi connectivity index (χ0v) is 10.2. The van der Waals surface area contributed by atoms with Crippen LogP contribution in [0.25, 0.3) is 0 Å². The number of benzene rings is 2. The number of Topliss-reactive ketones (excluding diaryl/α,β-unsaturated/α-hetero) is 1. The predicted octanol–water partition coefficient (Wildman–Crippen LogP) is 3.69. The number of nitriles is 1. The summed E-state index contributed by atoms with van der Waals surface area (Å²) >= 11 is 0. The van der Waals surface area contributed by atoms with Crippen LogP contribution in [-0.2, 0) is 0 Å². The van der Waals surface area contributed by atoms with Crippen LogP contribution in [-0.4, -0.2) is 5.78 Å². The first-order valence-electron chi connectivity index (χ1n) is 5.58. The van der Waals surface area contributed by atoms with Gasteiger partial charge in [-0.25, -0.2) is 4.39 Å². The third-order valence-corrected chi connectivity index (χ3v) is 2.51. The van der Waals surface area contributed by atoms with Gasteiger partial charge in [0.25, 0.3) is 0 Å². The van der Waals surface area contributed by atoms with E-state index in [1.807, 2.05) is 6.07 Å². The van der Waals surface area contributed by atoms with Gasteiger partial charge in [0.05, 0.1) is 17.2 Å². The Morgan fingerprint density at radius 2 is 2.05 bits per heavy atom. The molecule has 4 heteroatoms. The molecule has 0 aromatic heterocycles. The van der Waals surface area contributed by atoms with Crippen LogP contribution in [0.5, 0.6) is 11.5 Å². The molecule has 3 nitrogen and oxygen atoms in total. The Labute approximate surface area is 109 Å². The van der Waals surface area contributed by atoms with Crippen LogP contribution in [0.2, 0.25) is 0 Å². The molecule has 94 valence electrons. The van der Waals surface area contributed by atoms with Gasteiger partial charge < -0.3 is 4.74 Å². The number of carbonyl (C=O) groups excluding carboxylic acids is 1. The quantitative estimate of drug-likeness (QED) is 0.786. The summed E-state index contributed by atoms with van der Waals surface area (Å²) in [7, 11) is 0. The average molecular weight is 255 g/mol. The number of ketones is 1. The second-order valence-electron chi connectivity index (χ2n) is 3.94. The van der Waals surface area contributed by atoms with Gasteiger partial charge in [-0.3, -0.25) is 4.79 Å². The minimum absolute atomic E-state index is 0.184. The van der Waals surface area contributed by atoms with Crippen LogP contribution in [0.4, 0.5) is 4.39 Å². The summed E-state index contributed by atoms with van der Waals surface area (Å²) in [5.41, 5.74) is 0.722. The lowest BCUT2D eigenvalue weighted by Crippen LogP contribution is -1.98. The van der Waals surface area contributed by atoms with E-state index in [1.165, 1.54) is 43.3 Å². The molecule has 0 unspecified atom stereocenters. The summed E-state index contributed by atoms with van der Waals surface area (Å²) < 4.78 is 18.6. The number of ether oxygens (including phenoxy) is 1. The number of hydrogen-bond donors (Lipinski definition) is 0. The Kier molecular flexibility index (Phi) is 3.58. The molecule has 19 heavy (non-hydrogen) atoms. The van der Waals surface area contributed by atoms with Gasteiger partial charge in [0.15, 0.2) is 5.78 Å². The molecule has 0 radical (unpaired) electrons. The zero-order valence-electron chi connectivity index (χ0n) is 10.2. The van der Waals surface area contributed by atoms with Gasteiger partial charge in [-0.05, 0) is 37.3 Å². The van der Waals surface area contributed by atoms with Gasteiger partial charge in [-0.1, -0.05) is 6.07 Å². The predicted molar refractivity (Wildman–Crippen MR) is 67.6 cm³/mol. The molecule has 0 amide bonds. The lowest BCUT2D eigenvalue weighted by atomic mass is 10.1. The van der Waals surface area contributed by atoms with Crippen LogP contribution in [0.3, 0.4) is 0 Å². The average Bonchev–Trinajstić information content (AvgIpc) is 2.38. The summed E-state index contributed by atoms with van der Waals surface area (Å²) in [6.45, 7) is 1.40. The molecule has 0 aliphatic rings. The SMILES string of the molecule is CC(=O)c1ccc(C#N)cc1Oc1cccc(F)c1. The maximum absolute atomic E-state index is 13.1. The normalized spacial score (nSPS) is 9.74. The first-order chi connectivity index (χ1) is 9.10. The minimum Gasteiger partial charge on any atom is -0.456 e. The van der Waals surface area contributed by atoms with Crippen molar-refractivity contribution >= 4 is 5.78 Å². The van der Waals surface area contributed by atoms with E-state index >= 15 is 0 Å². The van der Waals surface area contributed by atoms with E-state index in [0.717, 1.165) is 0 Å². The summed E-state index contributed by atoms with van der Waals surface area (Å²) in [5.74, 6) is -0.0936. The molecule has 0 heterocycles. The van der Waals surface area contributed by atoms with Crippen LogP contribution in [0.15, 0.2) is 42.5 Å². The van der Waals surface area contributed by atoms with Crippen molar-refractivity contribution in [2.45, 2.75) is 6.92 Å². The van der Waals surface area contributed by atoms with Crippen molar-refractivity contribution in [2.24, 2.45) is 0 Å². The van der Waals surface area contributed by atoms with Crippen molar-refractivity contribution in [3.63, 3.8) is 0 Å². The highest BCUT2D eigenvalue weighted by molar-refractivity contribution is 5.97. The summed E-state index contributed by atoms with van der Waals surface area (Å²) in [6.07, 6.45) is 0. The molecule has 0 fully saturated rings. The molecule has 0 atom stereocenters. The highest BCUT2D eigenvalue weighted by Gasteiger charge is 2.11. The molecule has 0 saturated carbocycles. The van der Waals surface area contributed by atoms with E-state index in [4.69, 9.17) is 10.00 Å². The van der Waals surface area contributed by atoms with Crippen molar-refractivity contribution in [2.75, 3.05) is 0 Å². The maximum atomic E-state index is 13.1. The molecular weight excluding hydrogens is 245 g/mol. The second kappa shape index (κ2) is 5.32. The van der Waals surface area contributed by atoms with Crippen LogP contribution in [0.1, 0.15) is 22.8 Å². The number of nitrogens with zero attached hydrogens (tertiary/aromatic N) is 1. The van der Waals surface area contributed by atoms with Gasteiger partial charge >= 0.3 is 0 Å². The standard InChI is InChI=1S/C15H10FNO2/c1-10(18)14-6-5-11(9-17)7-15(14)19-13-4-2-3-12(16)8-13/h2-8H,1H3. The fourth-order valence-electron chi connectivity index (χ4n) is 1.62. The summed E-state index contributed by atoms with van der Waals surface area (Å²) in [5, 5.41) is 8.85. The molecule has 2 aromatic rings. The van der Waals surface area contributed by atoms with Crippen LogP contribution < -0.4 is 4.74 Å². The summed E-state index contributed by atoms with van der Waals surface area (Å²) in [4.78, 5) is 11.5. The molecular formula is C15H10FNO2. The minimum atomic E-state index is -0.432. The third-order valence-electron chi connectivity index (χ3n) is 2.51. The van der Waals surface area contributed by atoms with Gasteiger partial charge in [-0.2, -0.15) is 5.26 Å². The smallest absolute Gasteiger partial charge is 0.163 e. The van der Waals surface area contributed by atoms with Crippen LogP contribution in [0, 0.1) is 17.1 Å². The Bertz CT molecular complexity index is 674. The molecule has 2 aromatic carbocycles. The Balaban J connectivity index is 2.43. The van der Waals surface area contributed by atoms with Gasteiger partial charge in [0.1, 0.15) is 17.3 Å². The first-order valence-corrected chi connectivity index (χ1v) is 5.58. The molecule has 0 aliphatic heterocycles. The molecule has 0 saturated heterocycles. The maximum Gasteiger partial charge on any atom is 0.163 e.